The van der Waals surface area contributed by atoms with Gasteiger partial charge in [-0.05, 0) is 48.8 Å². The van der Waals surface area contributed by atoms with Crippen molar-refractivity contribution in [1.29, 1.82) is 0 Å². The second-order valence-corrected chi connectivity index (χ2v) is 7.11. The van der Waals surface area contributed by atoms with E-state index in [4.69, 9.17) is 0 Å². The van der Waals surface area contributed by atoms with Gasteiger partial charge in [0.25, 0.3) is 0 Å². The lowest BCUT2D eigenvalue weighted by Crippen LogP contribution is -2.34. The predicted molar refractivity (Wildman–Crippen MR) is 85.1 cm³/mol. The Labute approximate surface area is 128 Å². The molecule has 0 spiro atoms. The predicted octanol–water partition coefficient (Wildman–Crippen LogP) is 3.38. The van der Waals surface area contributed by atoms with Gasteiger partial charge in [-0.2, -0.15) is 0 Å². The molecule has 0 radical (unpaired) electrons. The monoisotopic (exact) mass is 289 g/mol. The normalized spacial score (nSPS) is 20.2. The Balaban J connectivity index is 2.05. The molecule has 1 aliphatic rings. The second-order valence-electron chi connectivity index (χ2n) is 7.11. The molecule has 0 bridgehead atoms. The smallest absolute Gasteiger partial charge is 0.222 e. The molecule has 1 atom stereocenters. The minimum absolute atomic E-state index is 0.170. The van der Waals surface area contributed by atoms with Gasteiger partial charge >= 0.3 is 0 Å². The standard InChI is InChI=1S/C18H27NO2/c1-13-5-6-15(11-14(13)2)16(20)12-19-10-9-18(3,4)8-7-17(19)21/h5-6,11,16,20H,7-10,12H2,1-4H3. The van der Waals surface area contributed by atoms with Crippen LogP contribution in [0.1, 0.15) is 55.9 Å². The number of carbonyl (C=O) groups is 1. The highest BCUT2D eigenvalue weighted by atomic mass is 16.3. The molecule has 1 heterocycles. The van der Waals surface area contributed by atoms with Crippen LogP contribution in [-0.2, 0) is 4.79 Å². The minimum Gasteiger partial charge on any atom is -0.387 e. The number of aryl methyl sites for hydroxylation is 2. The van der Waals surface area contributed by atoms with Crippen molar-refractivity contribution in [2.45, 2.75) is 53.1 Å². The molecule has 1 aliphatic heterocycles. The molecule has 1 amide bonds. The highest BCUT2D eigenvalue weighted by molar-refractivity contribution is 5.76. The summed E-state index contributed by atoms with van der Waals surface area (Å²) in [6, 6.07) is 6.01. The van der Waals surface area contributed by atoms with Gasteiger partial charge in [0, 0.05) is 13.0 Å². The van der Waals surface area contributed by atoms with Crippen LogP contribution in [0.4, 0.5) is 0 Å². The van der Waals surface area contributed by atoms with Crippen LogP contribution in [0.15, 0.2) is 18.2 Å². The lowest BCUT2D eigenvalue weighted by molar-refractivity contribution is -0.132. The number of rotatable bonds is 3. The number of likely N-dealkylation sites (tertiary alicyclic amines) is 1. The lowest BCUT2D eigenvalue weighted by Gasteiger charge is -2.25. The SMILES string of the molecule is Cc1ccc(C(O)CN2CCC(C)(C)CCC2=O)cc1C. The van der Waals surface area contributed by atoms with E-state index in [0.29, 0.717) is 13.0 Å². The van der Waals surface area contributed by atoms with E-state index in [0.717, 1.165) is 24.9 Å². The number of benzene rings is 1. The maximum atomic E-state index is 12.2. The van der Waals surface area contributed by atoms with E-state index >= 15 is 0 Å². The number of aliphatic hydroxyl groups excluding tert-OH is 1. The van der Waals surface area contributed by atoms with Crippen molar-refractivity contribution < 1.29 is 9.90 Å². The van der Waals surface area contributed by atoms with Crippen LogP contribution in [0.25, 0.3) is 0 Å². The van der Waals surface area contributed by atoms with Gasteiger partial charge in [-0.25, -0.2) is 0 Å². The topological polar surface area (TPSA) is 40.5 Å². The number of hydrogen-bond donors (Lipinski definition) is 1. The summed E-state index contributed by atoms with van der Waals surface area (Å²) in [5, 5.41) is 10.4. The summed E-state index contributed by atoms with van der Waals surface area (Å²) in [7, 11) is 0. The fraction of sp³-hybridized carbons (Fsp3) is 0.611. The first-order valence-electron chi connectivity index (χ1n) is 7.81. The van der Waals surface area contributed by atoms with Gasteiger partial charge in [0.2, 0.25) is 5.91 Å². The zero-order chi connectivity index (χ0) is 15.6. The van der Waals surface area contributed by atoms with Crippen LogP contribution in [-0.4, -0.2) is 29.0 Å². The van der Waals surface area contributed by atoms with E-state index in [-0.39, 0.29) is 11.3 Å². The highest BCUT2D eigenvalue weighted by Gasteiger charge is 2.28. The molecule has 1 aromatic carbocycles. The molecule has 1 fully saturated rings. The summed E-state index contributed by atoms with van der Waals surface area (Å²) in [5.74, 6) is 0.170. The van der Waals surface area contributed by atoms with E-state index < -0.39 is 6.10 Å². The second kappa shape index (κ2) is 6.18. The quantitative estimate of drug-likeness (QED) is 0.926. The molecular weight excluding hydrogens is 262 g/mol. The number of amides is 1. The fourth-order valence-electron chi connectivity index (χ4n) is 2.77. The average molecular weight is 289 g/mol. The summed E-state index contributed by atoms with van der Waals surface area (Å²) in [6.45, 7) is 9.68. The zero-order valence-corrected chi connectivity index (χ0v) is 13.6. The Kier molecular flexibility index (Phi) is 4.72. The zero-order valence-electron chi connectivity index (χ0n) is 13.6. The Morgan fingerprint density at radius 1 is 1.24 bits per heavy atom. The third kappa shape index (κ3) is 4.07. The molecule has 3 nitrogen and oxygen atoms in total. The number of aliphatic hydroxyl groups is 1. The molecule has 1 saturated heterocycles. The molecule has 116 valence electrons. The van der Waals surface area contributed by atoms with Crippen LogP contribution in [0, 0.1) is 19.3 Å². The van der Waals surface area contributed by atoms with Crippen LogP contribution in [0.3, 0.4) is 0 Å². The Morgan fingerprint density at radius 3 is 2.62 bits per heavy atom. The minimum atomic E-state index is -0.602. The molecule has 21 heavy (non-hydrogen) atoms. The van der Waals surface area contributed by atoms with Crippen molar-refractivity contribution in [3.8, 4) is 0 Å². The van der Waals surface area contributed by atoms with Crippen molar-refractivity contribution in [1.82, 2.24) is 4.90 Å². The molecule has 1 N–H and O–H groups in total. The van der Waals surface area contributed by atoms with Crippen molar-refractivity contribution >= 4 is 5.91 Å². The third-order valence-corrected chi connectivity index (χ3v) is 4.74. The van der Waals surface area contributed by atoms with Gasteiger partial charge in [0.15, 0.2) is 0 Å². The maximum Gasteiger partial charge on any atom is 0.222 e. The lowest BCUT2D eigenvalue weighted by atomic mass is 9.85. The average Bonchev–Trinajstić information content (AvgIpc) is 2.55. The van der Waals surface area contributed by atoms with Gasteiger partial charge in [-0.3, -0.25) is 4.79 Å². The van der Waals surface area contributed by atoms with Crippen molar-refractivity contribution in [3.05, 3.63) is 34.9 Å². The molecule has 3 heteroatoms. The van der Waals surface area contributed by atoms with Crippen LogP contribution >= 0.6 is 0 Å². The largest absolute Gasteiger partial charge is 0.387 e. The van der Waals surface area contributed by atoms with E-state index in [2.05, 4.69) is 20.8 Å². The molecule has 2 rings (SSSR count). The van der Waals surface area contributed by atoms with Crippen molar-refractivity contribution in [2.24, 2.45) is 5.41 Å². The van der Waals surface area contributed by atoms with Crippen LogP contribution in [0.5, 0.6) is 0 Å². The third-order valence-electron chi connectivity index (χ3n) is 4.74. The van der Waals surface area contributed by atoms with Gasteiger partial charge in [0.1, 0.15) is 0 Å². The molecular formula is C18H27NO2. The summed E-state index contributed by atoms with van der Waals surface area (Å²) < 4.78 is 0. The Hall–Kier alpha value is -1.35. The highest BCUT2D eigenvalue weighted by Crippen LogP contribution is 2.31. The molecule has 0 saturated carbocycles. The summed E-state index contributed by atoms with van der Waals surface area (Å²) in [6.07, 6.45) is 1.92. The van der Waals surface area contributed by atoms with Crippen molar-refractivity contribution in [2.75, 3.05) is 13.1 Å². The molecule has 0 aliphatic carbocycles. The van der Waals surface area contributed by atoms with E-state index in [1.807, 2.05) is 30.0 Å². The Bertz CT molecular complexity index is 522. The van der Waals surface area contributed by atoms with Gasteiger partial charge in [-0.1, -0.05) is 32.0 Å². The van der Waals surface area contributed by atoms with Gasteiger partial charge in [-0.15, -0.1) is 0 Å². The van der Waals surface area contributed by atoms with Crippen LogP contribution < -0.4 is 0 Å². The van der Waals surface area contributed by atoms with Crippen LogP contribution in [0.2, 0.25) is 0 Å². The first-order valence-corrected chi connectivity index (χ1v) is 7.81. The number of carbonyl (C=O) groups excluding carboxylic acids is 1. The fourth-order valence-corrected chi connectivity index (χ4v) is 2.77. The van der Waals surface area contributed by atoms with Crippen molar-refractivity contribution in [3.63, 3.8) is 0 Å². The van der Waals surface area contributed by atoms with E-state index in [1.165, 1.54) is 11.1 Å². The first-order chi connectivity index (χ1) is 9.78. The number of nitrogens with zero attached hydrogens (tertiary/aromatic N) is 1. The van der Waals surface area contributed by atoms with Gasteiger partial charge in [0.05, 0.1) is 12.6 Å². The Morgan fingerprint density at radius 2 is 1.95 bits per heavy atom. The summed E-state index contributed by atoms with van der Waals surface area (Å²) in [4.78, 5) is 14.0. The number of β-amino-alcohol motifs (C(OH)–C–C–N with tert-alkyl or cyclic N) is 1. The number of hydrogen-bond acceptors (Lipinski definition) is 2. The molecule has 1 aromatic rings. The summed E-state index contributed by atoms with van der Waals surface area (Å²) >= 11 is 0. The first kappa shape index (κ1) is 16.0. The van der Waals surface area contributed by atoms with E-state index in [1.54, 1.807) is 0 Å². The maximum absolute atomic E-state index is 12.2. The molecule has 0 aromatic heterocycles. The van der Waals surface area contributed by atoms with E-state index in [9.17, 15) is 9.90 Å². The van der Waals surface area contributed by atoms with Gasteiger partial charge < -0.3 is 10.0 Å². The summed E-state index contributed by atoms with van der Waals surface area (Å²) in [5.41, 5.74) is 3.51. The molecule has 1 unspecified atom stereocenters.